The standard InChI is InChI=1S/C29H22F2O4/c1-3-27(32)34-24-15-9-20(10-16-24)5-6-22-8-14-23(26(19-22)29(30)31)13-7-21-11-17-25(18-12-21)35-28(33)4-2/h3-19,29H,1-2H2. The van der Waals surface area contributed by atoms with Gasteiger partial charge in [-0.15, -0.1) is 0 Å². The first kappa shape index (κ1) is 25.1. The zero-order valence-corrected chi connectivity index (χ0v) is 18.7. The second kappa shape index (κ2) is 12.0. The van der Waals surface area contributed by atoms with Crippen molar-refractivity contribution in [1.82, 2.24) is 0 Å². The average Bonchev–Trinajstić information content (AvgIpc) is 2.87. The Morgan fingerprint density at radius 2 is 1.09 bits per heavy atom. The summed E-state index contributed by atoms with van der Waals surface area (Å²) < 4.78 is 37.5. The number of halogens is 2. The summed E-state index contributed by atoms with van der Waals surface area (Å²) in [5.41, 5.74) is 2.50. The lowest BCUT2D eigenvalue weighted by Gasteiger charge is -2.07. The van der Waals surface area contributed by atoms with Crippen molar-refractivity contribution in [2.45, 2.75) is 6.43 Å². The Balaban J connectivity index is 1.72. The highest BCUT2D eigenvalue weighted by Crippen LogP contribution is 2.27. The predicted octanol–water partition coefficient (Wildman–Crippen LogP) is 7.15. The maximum absolute atomic E-state index is 13.7. The summed E-state index contributed by atoms with van der Waals surface area (Å²) in [6, 6.07) is 18.2. The van der Waals surface area contributed by atoms with Crippen molar-refractivity contribution in [3.63, 3.8) is 0 Å². The maximum atomic E-state index is 13.7. The second-order valence-corrected chi connectivity index (χ2v) is 7.24. The van der Waals surface area contributed by atoms with Gasteiger partial charge < -0.3 is 9.47 Å². The molecule has 0 radical (unpaired) electrons. The highest BCUT2D eigenvalue weighted by atomic mass is 19.3. The monoisotopic (exact) mass is 472 g/mol. The minimum Gasteiger partial charge on any atom is -0.423 e. The van der Waals surface area contributed by atoms with Gasteiger partial charge in [0.25, 0.3) is 6.43 Å². The summed E-state index contributed by atoms with van der Waals surface area (Å²) in [4.78, 5) is 22.5. The summed E-state index contributed by atoms with van der Waals surface area (Å²) in [6.45, 7) is 6.68. The van der Waals surface area contributed by atoms with Crippen LogP contribution in [0.2, 0.25) is 0 Å². The van der Waals surface area contributed by atoms with Crippen molar-refractivity contribution in [1.29, 1.82) is 0 Å². The molecule has 6 heteroatoms. The molecule has 3 aromatic rings. The molecular weight excluding hydrogens is 450 g/mol. The van der Waals surface area contributed by atoms with Gasteiger partial charge in [-0.1, -0.05) is 73.9 Å². The van der Waals surface area contributed by atoms with E-state index in [0.29, 0.717) is 22.6 Å². The Labute approximate surface area is 202 Å². The van der Waals surface area contributed by atoms with E-state index in [1.165, 1.54) is 6.07 Å². The average molecular weight is 472 g/mol. The molecule has 0 amide bonds. The van der Waals surface area contributed by atoms with Gasteiger partial charge in [-0.05, 0) is 52.6 Å². The molecule has 35 heavy (non-hydrogen) atoms. The normalized spacial score (nSPS) is 11.1. The molecule has 0 aliphatic heterocycles. The second-order valence-electron chi connectivity index (χ2n) is 7.24. The first-order valence-corrected chi connectivity index (χ1v) is 10.5. The Morgan fingerprint density at radius 3 is 1.54 bits per heavy atom. The van der Waals surface area contributed by atoms with E-state index in [1.807, 2.05) is 0 Å². The fraction of sp³-hybridized carbons (Fsp3) is 0.0345. The number of hydrogen-bond acceptors (Lipinski definition) is 4. The SMILES string of the molecule is C=CC(=O)Oc1ccc(C=Cc2ccc(C=Cc3ccc(OC(=O)C=C)cc3)c(C(F)F)c2)cc1. The molecule has 176 valence electrons. The molecule has 0 atom stereocenters. The van der Waals surface area contributed by atoms with Crippen LogP contribution in [0.4, 0.5) is 8.78 Å². The van der Waals surface area contributed by atoms with Crippen molar-refractivity contribution in [2.75, 3.05) is 0 Å². The highest BCUT2D eigenvalue weighted by Gasteiger charge is 2.12. The smallest absolute Gasteiger partial charge is 0.335 e. The van der Waals surface area contributed by atoms with Crippen molar-refractivity contribution < 1.29 is 27.8 Å². The molecule has 0 saturated heterocycles. The van der Waals surface area contributed by atoms with E-state index in [0.717, 1.165) is 23.3 Å². The first-order chi connectivity index (χ1) is 16.9. The molecule has 0 saturated carbocycles. The van der Waals surface area contributed by atoms with Crippen molar-refractivity contribution in [3.05, 3.63) is 120 Å². The van der Waals surface area contributed by atoms with Crippen LogP contribution in [-0.4, -0.2) is 11.9 Å². The molecule has 0 aromatic heterocycles. The quantitative estimate of drug-likeness (QED) is 0.144. The van der Waals surface area contributed by atoms with Crippen molar-refractivity contribution in [2.24, 2.45) is 0 Å². The maximum Gasteiger partial charge on any atom is 0.335 e. The molecule has 0 spiro atoms. The third-order valence-corrected chi connectivity index (χ3v) is 4.80. The van der Waals surface area contributed by atoms with Crippen molar-refractivity contribution >= 4 is 36.2 Å². The lowest BCUT2D eigenvalue weighted by Crippen LogP contribution is -2.02. The molecular formula is C29H22F2O4. The number of hydrogen-bond donors (Lipinski definition) is 0. The third kappa shape index (κ3) is 7.47. The van der Waals surface area contributed by atoms with E-state index in [9.17, 15) is 18.4 Å². The first-order valence-electron chi connectivity index (χ1n) is 10.5. The van der Waals surface area contributed by atoms with Crippen LogP contribution in [-0.2, 0) is 9.59 Å². The van der Waals surface area contributed by atoms with Crippen LogP contribution < -0.4 is 9.47 Å². The Hall–Kier alpha value is -4.58. The number of carbonyl (C=O) groups excluding carboxylic acids is 2. The van der Waals surface area contributed by atoms with E-state index in [-0.39, 0.29) is 5.56 Å². The number of alkyl halides is 2. The molecule has 0 heterocycles. The fourth-order valence-electron chi connectivity index (χ4n) is 3.03. The molecule has 0 fully saturated rings. The fourth-order valence-corrected chi connectivity index (χ4v) is 3.03. The summed E-state index contributed by atoms with van der Waals surface area (Å²) in [5, 5.41) is 0. The van der Waals surface area contributed by atoms with E-state index in [1.54, 1.807) is 85.0 Å². The Bertz CT molecular complexity index is 1270. The Kier molecular flexibility index (Phi) is 8.62. The minimum absolute atomic E-state index is 0.0911. The topological polar surface area (TPSA) is 52.6 Å². The molecule has 0 aliphatic rings. The van der Waals surface area contributed by atoms with E-state index < -0.39 is 18.4 Å². The zero-order valence-electron chi connectivity index (χ0n) is 18.7. The number of carbonyl (C=O) groups is 2. The highest BCUT2D eigenvalue weighted by molar-refractivity contribution is 5.84. The lowest BCUT2D eigenvalue weighted by atomic mass is 10.0. The van der Waals surface area contributed by atoms with Gasteiger partial charge >= 0.3 is 11.9 Å². The number of benzene rings is 3. The van der Waals surface area contributed by atoms with Crippen LogP contribution in [0.5, 0.6) is 11.5 Å². The third-order valence-electron chi connectivity index (χ3n) is 4.80. The summed E-state index contributed by atoms with van der Waals surface area (Å²) in [7, 11) is 0. The number of ether oxygens (including phenoxy) is 2. The number of esters is 2. The molecule has 3 rings (SSSR count). The van der Waals surface area contributed by atoms with E-state index in [4.69, 9.17) is 9.47 Å². The van der Waals surface area contributed by atoms with Crippen LogP contribution in [0.15, 0.2) is 92.0 Å². The van der Waals surface area contributed by atoms with E-state index >= 15 is 0 Å². The predicted molar refractivity (Wildman–Crippen MR) is 134 cm³/mol. The molecule has 0 unspecified atom stereocenters. The van der Waals surface area contributed by atoms with Crippen molar-refractivity contribution in [3.8, 4) is 11.5 Å². The van der Waals surface area contributed by atoms with Gasteiger partial charge in [0.05, 0.1) is 0 Å². The van der Waals surface area contributed by atoms with Crippen LogP contribution in [0.1, 0.15) is 34.2 Å². The van der Waals surface area contributed by atoms with Gasteiger partial charge in [0.15, 0.2) is 0 Å². The van der Waals surface area contributed by atoms with Crippen LogP contribution in [0, 0.1) is 0 Å². The van der Waals surface area contributed by atoms with Crippen LogP contribution >= 0.6 is 0 Å². The van der Waals surface area contributed by atoms with Gasteiger partial charge in [-0.3, -0.25) is 0 Å². The van der Waals surface area contributed by atoms with Gasteiger partial charge in [0.1, 0.15) is 11.5 Å². The summed E-state index contributed by atoms with van der Waals surface area (Å²) >= 11 is 0. The Morgan fingerprint density at radius 1 is 0.657 bits per heavy atom. The largest absolute Gasteiger partial charge is 0.423 e. The number of rotatable bonds is 9. The van der Waals surface area contributed by atoms with Gasteiger partial charge in [0.2, 0.25) is 0 Å². The summed E-state index contributed by atoms with van der Waals surface area (Å²) in [5.74, 6) is -0.359. The molecule has 0 bridgehead atoms. The molecule has 3 aromatic carbocycles. The van der Waals surface area contributed by atoms with Crippen LogP contribution in [0.3, 0.4) is 0 Å². The van der Waals surface area contributed by atoms with Gasteiger partial charge in [-0.2, -0.15) is 0 Å². The van der Waals surface area contributed by atoms with Gasteiger partial charge in [-0.25, -0.2) is 18.4 Å². The molecule has 4 nitrogen and oxygen atoms in total. The van der Waals surface area contributed by atoms with Crippen LogP contribution in [0.25, 0.3) is 24.3 Å². The molecule has 0 aliphatic carbocycles. The minimum atomic E-state index is -2.65. The van der Waals surface area contributed by atoms with Gasteiger partial charge in [0, 0.05) is 17.7 Å². The van der Waals surface area contributed by atoms with E-state index in [2.05, 4.69) is 13.2 Å². The lowest BCUT2D eigenvalue weighted by molar-refractivity contribution is -0.129. The summed E-state index contributed by atoms with van der Waals surface area (Å²) in [6.07, 6.45) is 6.32. The molecule has 0 N–H and O–H groups in total. The zero-order chi connectivity index (χ0) is 25.2.